The van der Waals surface area contributed by atoms with E-state index in [0.29, 0.717) is 24.4 Å². The van der Waals surface area contributed by atoms with Crippen LogP contribution in [-0.4, -0.2) is 33.5 Å². The van der Waals surface area contributed by atoms with E-state index in [1.54, 1.807) is 26.4 Å². The summed E-state index contributed by atoms with van der Waals surface area (Å²) < 4.78 is 23.6. The lowest BCUT2D eigenvalue weighted by molar-refractivity contribution is 0.0365. The van der Waals surface area contributed by atoms with Gasteiger partial charge < -0.3 is 20.5 Å². The molecule has 3 N–H and O–H groups in total. The van der Waals surface area contributed by atoms with Gasteiger partial charge in [0.15, 0.2) is 0 Å². The maximum absolute atomic E-state index is 13.4. The van der Waals surface area contributed by atoms with E-state index in [2.05, 4.69) is 5.32 Å². The van der Waals surface area contributed by atoms with Crippen molar-refractivity contribution >= 4 is 5.69 Å². The van der Waals surface area contributed by atoms with Crippen LogP contribution >= 0.6 is 0 Å². The molecule has 0 saturated carbocycles. The van der Waals surface area contributed by atoms with Crippen molar-refractivity contribution in [2.45, 2.75) is 12.6 Å². The Morgan fingerprint density at radius 2 is 2.18 bits per heavy atom. The molecule has 1 rings (SSSR count). The highest BCUT2D eigenvalue weighted by atomic mass is 19.1. The Balaban J connectivity index is 2.65. The van der Waals surface area contributed by atoms with Gasteiger partial charge in [-0.05, 0) is 12.1 Å². The Morgan fingerprint density at radius 3 is 2.76 bits per heavy atom. The predicted octanol–water partition coefficient (Wildman–Crippen LogP) is 1.36. The molecule has 1 atom stereocenters. The van der Waals surface area contributed by atoms with Gasteiger partial charge in [0.25, 0.3) is 0 Å². The molecule has 0 saturated heterocycles. The summed E-state index contributed by atoms with van der Waals surface area (Å²) >= 11 is 0. The van der Waals surface area contributed by atoms with Crippen LogP contribution in [0.4, 0.5) is 10.1 Å². The highest BCUT2D eigenvalue weighted by molar-refractivity contribution is 5.51. The molecule has 0 aromatic heterocycles. The first-order chi connectivity index (χ1) is 8.22. The van der Waals surface area contributed by atoms with Crippen molar-refractivity contribution < 1.29 is 13.9 Å². The molecule has 1 unspecified atom stereocenters. The fourth-order valence-electron chi connectivity index (χ4n) is 1.55. The van der Waals surface area contributed by atoms with Crippen LogP contribution in [0, 0.1) is 5.82 Å². The molecule has 0 fully saturated rings. The molecule has 0 heterocycles. The highest BCUT2D eigenvalue weighted by Gasteiger charge is 2.10. The maximum Gasteiger partial charge on any atom is 0.129 e. The molecule has 5 heteroatoms. The Hall–Kier alpha value is -1.17. The van der Waals surface area contributed by atoms with Crippen molar-refractivity contribution in [3.05, 3.63) is 29.6 Å². The molecule has 0 bridgehead atoms. The van der Waals surface area contributed by atoms with Gasteiger partial charge in [0.1, 0.15) is 5.82 Å². The second-order valence-electron chi connectivity index (χ2n) is 3.66. The topological polar surface area (TPSA) is 56.5 Å². The van der Waals surface area contributed by atoms with Crippen molar-refractivity contribution in [1.82, 2.24) is 0 Å². The maximum atomic E-state index is 13.4. The van der Waals surface area contributed by atoms with Gasteiger partial charge in [-0.15, -0.1) is 0 Å². The zero-order valence-corrected chi connectivity index (χ0v) is 10.2. The summed E-state index contributed by atoms with van der Waals surface area (Å²) in [5.74, 6) is -0.293. The summed E-state index contributed by atoms with van der Waals surface area (Å²) in [6.45, 7) is 1.19. The van der Waals surface area contributed by atoms with Crippen molar-refractivity contribution in [1.29, 1.82) is 0 Å². The average Bonchev–Trinajstić information content (AvgIpc) is 2.34. The van der Waals surface area contributed by atoms with Crippen molar-refractivity contribution in [2.75, 3.05) is 32.7 Å². The van der Waals surface area contributed by atoms with E-state index >= 15 is 0 Å². The number of nitrogens with one attached hydrogen (secondary N) is 1. The molecular formula is C12H19FN2O2. The normalized spacial score (nSPS) is 12.5. The summed E-state index contributed by atoms with van der Waals surface area (Å²) in [6, 6.07) is 4.84. The molecule has 17 heavy (non-hydrogen) atoms. The number of methoxy groups -OCH3 is 2. The molecule has 0 aliphatic carbocycles. The Bertz CT molecular complexity index is 347. The summed E-state index contributed by atoms with van der Waals surface area (Å²) in [6.07, 6.45) is -0.0751. The Kier molecular flexibility index (Phi) is 5.90. The number of anilines is 1. The highest BCUT2D eigenvalue weighted by Crippen LogP contribution is 2.18. The van der Waals surface area contributed by atoms with Crippen molar-refractivity contribution in [3.8, 4) is 0 Å². The second-order valence-corrected chi connectivity index (χ2v) is 3.66. The van der Waals surface area contributed by atoms with E-state index in [9.17, 15) is 4.39 Å². The quantitative estimate of drug-likeness (QED) is 0.758. The van der Waals surface area contributed by atoms with Gasteiger partial charge in [0.05, 0.1) is 12.7 Å². The lowest BCUT2D eigenvalue weighted by atomic mass is 10.1. The SMILES string of the molecule is COCC(CNc1cccc(F)c1CN)OC. The summed E-state index contributed by atoms with van der Waals surface area (Å²) in [4.78, 5) is 0. The van der Waals surface area contributed by atoms with Gasteiger partial charge in [-0.3, -0.25) is 0 Å². The number of benzene rings is 1. The zero-order valence-electron chi connectivity index (χ0n) is 10.2. The first-order valence-electron chi connectivity index (χ1n) is 5.46. The van der Waals surface area contributed by atoms with Crippen LogP contribution < -0.4 is 11.1 Å². The van der Waals surface area contributed by atoms with E-state index in [-0.39, 0.29) is 18.5 Å². The van der Waals surface area contributed by atoms with Crippen molar-refractivity contribution in [2.24, 2.45) is 5.73 Å². The number of rotatable bonds is 7. The zero-order chi connectivity index (χ0) is 12.7. The molecule has 1 aromatic carbocycles. The monoisotopic (exact) mass is 242 g/mol. The van der Waals surface area contributed by atoms with Gasteiger partial charge in [-0.1, -0.05) is 6.07 Å². The van der Waals surface area contributed by atoms with E-state index in [1.165, 1.54) is 6.07 Å². The van der Waals surface area contributed by atoms with Crippen LogP contribution in [0.3, 0.4) is 0 Å². The minimum absolute atomic E-state index is 0.0751. The largest absolute Gasteiger partial charge is 0.382 e. The number of nitrogens with two attached hydrogens (primary N) is 1. The molecule has 0 aliphatic heterocycles. The van der Waals surface area contributed by atoms with Gasteiger partial charge >= 0.3 is 0 Å². The van der Waals surface area contributed by atoms with Crippen LogP contribution in [0.15, 0.2) is 18.2 Å². The third-order valence-corrected chi connectivity index (χ3v) is 2.53. The third-order valence-electron chi connectivity index (χ3n) is 2.53. The van der Waals surface area contributed by atoms with Crippen molar-refractivity contribution in [3.63, 3.8) is 0 Å². The third kappa shape index (κ3) is 3.96. The van der Waals surface area contributed by atoms with Gasteiger partial charge in [0, 0.05) is 38.6 Å². The second kappa shape index (κ2) is 7.21. The minimum atomic E-state index is -0.293. The van der Waals surface area contributed by atoms with Crippen LogP contribution in [0.5, 0.6) is 0 Å². The van der Waals surface area contributed by atoms with E-state index < -0.39 is 0 Å². The van der Waals surface area contributed by atoms with Crippen LogP contribution in [0.2, 0.25) is 0 Å². The Labute approximate surface area is 101 Å². The number of hydrogen-bond acceptors (Lipinski definition) is 4. The molecule has 1 aromatic rings. The van der Waals surface area contributed by atoms with E-state index in [4.69, 9.17) is 15.2 Å². The van der Waals surface area contributed by atoms with E-state index in [0.717, 1.165) is 0 Å². The average molecular weight is 242 g/mol. The fourth-order valence-corrected chi connectivity index (χ4v) is 1.55. The first-order valence-corrected chi connectivity index (χ1v) is 5.46. The minimum Gasteiger partial charge on any atom is -0.382 e. The lowest BCUT2D eigenvalue weighted by Crippen LogP contribution is -2.27. The Morgan fingerprint density at radius 1 is 1.41 bits per heavy atom. The first kappa shape index (κ1) is 13.9. The van der Waals surface area contributed by atoms with Crippen LogP contribution in [0.1, 0.15) is 5.56 Å². The molecule has 4 nitrogen and oxygen atoms in total. The molecular weight excluding hydrogens is 223 g/mol. The fraction of sp³-hybridized carbons (Fsp3) is 0.500. The number of halogens is 1. The molecule has 0 radical (unpaired) electrons. The van der Waals surface area contributed by atoms with Gasteiger partial charge in [0.2, 0.25) is 0 Å². The summed E-state index contributed by atoms with van der Waals surface area (Å²) in [7, 11) is 3.22. The summed E-state index contributed by atoms with van der Waals surface area (Å²) in [5, 5.41) is 3.12. The lowest BCUT2D eigenvalue weighted by Gasteiger charge is -2.17. The smallest absolute Gasteiger partial charge is 0.129 e. The number of hydrogen-bond donors (Lipinski definition) is 2. The van der Waals surface area contributed by atoms with Crippen LogP contribution in [-0.2, 0) is 16.0 Å². The van der Waals surface area contributed by atoms with Gasteiger partial charge in [-0.2, -0.15) is 0 Å². The van der Waals surface area contributed by atoms with Gasteiger partial charge in [-0.25, -0.2) is 4.39 Å². The molecule has 96 valence electrons. The van der Waals surface area contributed by atoms with Crippen LogP contribution in [0.25, 0.3) is 0 Å². The van der Waals surface area contributed by atoms with E-state index in [1.807, 2.05) is 0 Å². The molecule has 0 amide bonds. The standard InChI is InChI=1S/C12H19FN2O2/c1-16-8-9(17-2)7-15-12-5-3-4-11(13)10(12)6-14/h3-5,9,15H,6-8,14H2,1-2H3. The predicted molar refractivity (Wildman–Crippen MR) is 65.5 cm³/mol. The summed E-state index contributed by atoms with van der Waals surface area (Å²) in [5.41, 5.74) is 6.70. The molecule has 0 aliphatic rings. The number of ether oxygens (including phenoxy) is 2. The molecule has 0 spiro atoms.